The van der Waals surface area contributed by atoms with Crippen molar-refractivity contribution in [3.05, 3.63) is 11.6 Å². The Morgan fingerprint density at radius 2 is 1.81 bits per heavy atom. The number of likely N-dealkylation sites (tertiary alicyclic amines) is 1. The lowest BCUT2D eigenvalue weighted by molar-refractivity contribution is -0.895. The van der Waals surface area contributed by atoms with Crippen LogP contribution in [-0.2, 0) is 0 Å². The molecule has 146 valence electrons. The maximum Gasteiger partial charge on any atom is 0.0908 e. The molecule has 0 aromatic carbocycles. The molecule has 1 unspecified atom stereocenters. The Hall–Kier alpha value is -0.340. The van der Waals surface area contributed by atoms with Crippen LogP contribution in [0.1, 0.15) is 65.2 Å². The lowest BCUT2D eigenvalue weighted by atomic mass is 9.47. The molecule has 2 heteroatoms. The molecule has 0 aromatic heterocycles. The average Bonchev–Trinajstić information content (AvgIpc) is 3.08. The summed E-state index contributed by atoms with van der Waals surface area (Å²) in [5, 5.41) is 0. The fourth-order valence-electron chi connectivity index (χ4n) is 9.13. The van der Waals surface area contributed by atoms with Gasteiger partial charge >= 0.3 is 0 Å². The lowest BCUT2D eigenvalue weighted by Crippen LogP contribution is -3.11. The Labute approximate surface area is 161 Å². The molecule has 0 aromatic rings. The van der Waals surface area contributed by atoms with Crippen molar-refractivity contribution < 1.29 is 9.80 Å². The van der Waals surface area contributed by atoms with Crippen molar-refractivity contribution in [2.45, 2.75) is 77.3 Å². The zero-order chi connectivity index (χ0) is 18.3. The molecule has 4 aliphatic carbocycles. The van der Waals surface area contributed by atoms with Gasteiger partial charge in [-0.15, -0.1) is 0 Å². The second-order valence-corrected chi connectivity index (χ2v) is 11.5. The van der Waals surface area contributed by atoms with Gasteiger partial charge < -0.3 is 9.80 Å². The molecule has 3 saturated carbocycles. The zero-order valence-electron chi connectivity index (χ0n) is 17.9. The molecule has 2 nitrogen and oxygen atoms in total. The van der Waals surface area contributed by atoms with Gasteiger partial charge in [0.15, 0.2) is 0 Å². The first kappa shape index (κ1) is 17.7. The maximum atomic E-state index is 2.76. The van der Waals surface area contributed by atoms with E-state index in [0.29, 0.717) is 5.41 Å². The molecule has 9 atom stereocenters. The van der Waals surface area contributed by atoms with Gasteiger partial charge in [0, 0.05) is 24.2 Å². The van der Waals surface area contributed by atoms with Crippen LogP contribution >= 0.6 is 0 Å². The van der Waals surface area contributed by atoms with Crippen LogP contribution in [0.15, 0.2) is 11.6 Å². The van der Waals surface area contributed by atoms with Crippen LogP contribution in [0, 0.1) is 34.5 Å². The van der Waals surface area contributed by atoms with Gasteiger partial charge in [0.2, 0.25) is 0 Å². The van der Waals surface area contributed by atoms with Gasteiger partial charge in [0.25, 0.3) is 0 Å². The number of quaternary nitrogens is 2. The highest BCUT2D eigenvalue weighted by atomic mass is 15.2. The summed E-state index contributed by atoms with van der Waals surface area (Å²) in [6, 6.07) is 1.77. The van der Waals surface area contributed by atoms with Gasteiger partial charge in [-0.3, -0.25) is 0 Å². The second kappa shape index (κ2) is 5.83. The van der Waals surface area contributed by atoms with Gasteiger partial charge in [-0.2, -0.15) is 0 Å². The fraction of sp³-hybridized carbons (Fsp3) is 0.917. The molecule has 1 heterocycles. The molecule has 0 radical (unpaired) electrons. The quantitative estimate of drug-likeness (QED) is 0.663. The molecule has 5 aliphatic rings. The molecule has 2 N–H and O–H groups in total. The number of rotatable bonds is 1. The number of fused-ring (bicyclic) bond motifs is 4. The Morgan fingerprint density at radius 1 is 1.04 bits per heavy atom. The summed E-state index contributed by atoms with van der Waals surface area (Å²) in [4.78, 5) is 3.51. The van der Waals surface area contributed by atoms with Gasteiger partial charge in [0.05, 0.1) is 39.8 Å². The van der Waals surface area contributed by atoms with Crippen molar-refractivity contribution in [3.8, 4) is 0 Å². The highest BCUT2D eigenvalue weighted by Crippen LogP contribution is 2.67. The molecule has 0 amide bonds. The van der Waals surface area contributed by atoms with E-state index in [1.165, 1.54) is 45.1 Å². The van der Waals surface area contributed by atoms with Crippen molar-refractivity contribution in [2.24, 2.45) is 34.5 Å². The first-order valence-corrected chi connectivity index (χ1v) is 11.7. The number of allylic oxidation sites excluding steroid dienone is 1. The average molecular weight is 359 g/mol. The molecule has 1 spiro atoms. The van der Waals surface area contributed by atoms with E-state index in [2.05, 4.69) is 41.1 Å². The van der Waals surface area contributed by atoms with Crippen LogP contribution in [0.25, 0.3) is 0 Å². The molecular weight excluding hydrogens is 316 g/mol. The monoisotopic (exact) mass is 358 g/mol. The van der Waals surface area contributed by atoms with Crippen LogP contribution in [0.2, 0.25) is 0 Å². The molecular formula is C24H42N2+2. The molecule has 0 bridgehead atoms. The minimum atomic E-state index is 0.539. The first-order chi connectivity index (χ1) is 12.4. The van der Waals surface area contributed by atoms with E-state index < -0.39 is 0 Å². The Bertz CT molecular complexity index is 609. The summed E-state index contributed by atoms with van der Waals surface area (Å²) in [6.45, 7) is 6.70. The minimum Gasteiger partial charge on any atom is -0.337 e. The van der Waals surface area contributed by atoms with Crippen molar-refractivity contribution in [1.82, 2.24) is 0 Å². The second-order valence-electron chi connectivity index (χ2n) is 11.5. The molecule has 1 aliphatic heterocycles. The van der Waals surface area contributed by atoms with Crippen LogP contribution in [-0.4, -0.2) is 39.8 Å². The highest BCUT2D eigenvalue weighted by molar-refractivity contribution is 5.25. The molecule has 4 fully saturated rings. The third kappa shape index (κ3) is 2.18. The number of nitrogens with one attached hydrogen (secondary N) is 2. The SMILES string of the molecule is C[C@@H]1[C@H]2CC[C@@H]3[C@@H]4CC=C5C[C@@H]([NH+](C)C)CC[C@@]5(C)[C@@H]4CC[C@@]32C[NH+]1C. The summed E-state index contributed by atoms with van der Waals surface area (Å²) < 4.78 is 0. The van der Waals surface area contributed by atoms with Crippen LogP contribution in [0.4, 0.5) is 0 Å². The molecule has 26 heavy (non-hydrogen) atoms. The summed E-state index contributed by atoms with van der Waals surface area (Å²) in [5.74, 6) is 4.06. The zero-order valence-corrected chi connectivity index (χ0v) is 17.9. The van der Waals surface area contributed by atoms with E-state index in [1.54, 1.807) is 17.7 Å². The van der Waals surface area contributed by atoms with Crippen molar-refractivity contribution >= 4 is 0 Å². The Balaban J connectivity index is 1.45. The predicted molar refractivity (Wildman–Crippen MR) is 107 cm³/mol. The van der Waals surface area contributed by atoms with Gasteiger partial charge in [0.1, 0.15) is 0 Å². The van der Waals surface area contributed by atoms with Crippen molar-refractivity contribution in [3.63, 3.8) is 0 Å². The van der Waals surface area contributed by atoms with Crippen molar-refractivity contribution in [2.75, 3.05) is 27.7 Å². The van der Waals surface area contributed by atoms with E-state index in [9.17, 15) is 0 Å². The van der Waals surface area contributed by atoms with Crippen molar-refractivity contribution in [1.29, 1.82) is 0 Å². The standard InChI is InChI=1S/C24H40N2/c1-16-20-8-9-22-19-7-6-17-14-18(25(3)4)10-12-23(17,2)21(19)11-13-24(20,22)15-26(16)5/h6,16,18-22H,7-15H2,1-5H3/p+2/t16-,18+,19-,20-,21-,22-,23-,24+/m1/s1. The van der Waals surface area contributed by atoms with Crippen LogP contribution in [0.5, 0.6) is 0 Å². The first-order valence-electron chi connectivity index (χ1n) is 11.7. The van der Waals surface area contributed by atoms with E-state index >= 15 is 0 Å². The molecule has 5 rings (SSSR count). The van der Waals surface area contributed by atoms with E-state index in [4.69, 9.17) is 0 Å². The largest absolute Gasteiger partial charge is 0.337 e. The normalized spacial score (nSPS) is 55.8. The maximum absolute atomic E-state index is 2.76. The number of hydrogen-bond donors (Lipinski definition) is 2. The summed E-state index contributed by atoms with van der Waals surface area (Å²) in [6.07, 6.45) is 14.6. The van der Waals surface area contributed by atoms with Crippen LogP contribution in [0.3, 0.4) is 0 Å². The van der Waals surface area contributed by atoms with Crippen LogP contribution < -0.4 is 9.80 Å². The summed E-state index contributed by atoms with van der Waals surface area (Å²) in [7, 11) is 7.21. The Kier molecular flexibility index (Phi) is 3.98. The van der Waals surface area contributed by atoms with E-state index in [1.807, 2.05) is 10.5 Å². The topological polar surface area (TPSA) is 8.88 Å². The smallest absolute Gasteiger partial charge is 0.0908 e. The van der Waals surface area contributed by atoms with E-state index in [0.717, 1.165) is 41.2 Å². The lowest BCUT2D eigenvalue weighted by Gasteiger charge is -2.57. The third-order valence-corrected chi connectivity index (χ3v) is 10.7. The number of hydrogen-bond acceptors (Lipinski definition) is 0. The van der Waals surface area contributed by atoms with E-state index in [-0.39, 0.29) is 0 Å². The van der Waals surface area contributed by atoms with Gasteiger partial charge in [-0.1, -0.05) is 18.6 Å². The molecule has 1 saturated heterocycles. The summed E-state index contributed by atoms with van der Waals surface area (Å²) in [5.41, 5.74) is 3.12. The fourth-order valence-corrected chi connectivity index (χ4v) is 9.13. The Morgan fingerprint density at radius 3 is 2.58 bits per heavy atom. The minimum absolute atomic E-state index is 0.539. The highest BCUT2D eigenvalue weighted by Gasteiger charge is 2.66. The van der Waals surface area contributed by atoms with Gasteiger partial charge in [-0.25, -0.2) is 0 Å². The summed E-state index contributed by atoms with van der Waals surface area (Å²) >= 11 is 0. The predicted octanol–water partition coefficient (Wildman–Crippen LogP) is 1.98. The van der Waals surface area contributed by atoms with Gasteiger partial charge in [-0.05, 0) is 68.6 Å². The third-order valence-electron chi connectivity index (χ3n) is 10.7.